The first-order valence-corrected chi connectivity index (χ1v) is 10.6. The Hall–Kier alpha value is -1.80. The largest absolute Gasteiger partial charge is 0.389 e. The zero-order valence-corrected chi connectivity index (χ0v) is 16.6. The summed E-state index contributed by atoms with van der Waals surface area (Å²) in [4.78, 5) is 2.23. The summed E-state index contributed by atoms with van der Waals surface area (Å²) < 4.78 is 42.0. The van der Waals surface area contributed by atoms with Crippen LogP contribution in [-0.4, -0.2) is 51.0 Å². The molecule has 0 saturated carbocycles. The Bertz CT molecular complexity index is 839. The molecule has 2 rings (SSSR count). The number of halogens is 1. The number of sulfone groups is 1. The van der Waals surface area contributed by atoms with E-state index in [0.29, 0.717) is 12.1 Å². The van der Waals surface area contributed by atoms with Crippen LogP contribution in [-0.2, 0) is 21.2 Å². The van der Waals surface area contributed by atoms with Gasteiger partial charge in [0, 0.05) is 24.4 Å². The first kappa shape index (κ1) is 21.5. The van der Waals surface area contributed by atoms with E-state index in [-0.39, 0.29) is 30.0 Å². The van der Waals surface area contributed by atoms with Crippen LogP contribution in [0.2, 0.25) is 0 Å². The Balaban J connectivity index is 1.84. The maximum Gasteiger partial charge on any atom is 0.175 e. The van der Waals surface area contributed by atoms with Crippen LogP contribution in [0.3, 0.4) is 0 Å². The van der Waals surface area contributed by atoms with E-state index >= 15 is 0 Å². The van der Waals surface area contributed by atoms with Gasteiger partial charge in [0.2, 0.25) is 0 Å². The Morgan fingerprint density at radius 1 is 1.15 bits per heavy atom. The summed E-state index contributed by atoms with van der Waals surface area (Å²) in [5, 5.41) is 10.2. The van der Waals surface area contributed by atoms with Crippen molar-refractivity contribution in [3.8, 4) is 0 Å². The lowest BCUT2D eigenvalue weighted by Gasteiger charge is -2.27. The molecule has 1 N–H and O–H groups in total. The van der Waals surface area contributed by atoms with E-state index in [1.165, 1.54) is 12.3 Å². The van der Waals surface area contributed by atoms with E-state index in [1.54, 1.807) is 42.5 Å². The molecule has 0 aromatic heterocycles. The summed E-state index contributed by atoms with van der Waals surface area (Å²) in [6.07, 6.45) is 0.453. The number of aliphatic hydroxyl groups excluding tert-OH is 1. The van der Waals surface area contributed by atoms with Gasteiger partial charge >= 0.3 is 0 Å². The SMILES string of the molecule is CC(c1ccc(S(C)(=O)=O)cc1)N(C)CC(O)COCc1ccccc1F. The molecule has 27 heavy (non-hydrogen) atoms. The van der Waals surface area contributed by atoms with E-state index in [0.717, 1.165) is 5.56 Å². The van der Waals surface area contributed by atoms with Gasteiger partial charge in [0.1, 0.15) is 5.82 Å². The molecule has 0 aliphatic rings. The lowest BCUT2D eigenvalue weighted by molar-refractivity contribution is 0.00779. The predicted octanol–water partition coefficient (Wildman–Crippen LogP) is 2.80. The Kier molecular flexibility index (Phi) is 7.49. The van der Waals surface area contributed by atoms with Gasteiger partial charge in [0.25, 0.3) is 0 Å². The van der Waals surface area contributed by atoms with Gasteiger partial charge in [-0.05, 0) is 37.7 Å². The number of hydrogen-bond acceptors (Lipinski definition) is 5. The first-order chi connectivity index (χ1) is 12.7. The molecule has 0 saturated heterocycles. The van der Waals surface area contributed by atoms with Gasteiger partial charge in [-0.3, -0.25) is 4.90 Å². The molecule has 0 amide bonds. The molecule has 7 heteroatoms. The molecule has 0 spiro atoms. The van der Waals surface area contributed by atoms with Gasteiger partial charge in [-0.25, -0.2) is 12.8 Å². The predicted molar refractivity (Wildman–Crippen MR) is 103 cm³/mol. The van der Waals surface area contributed by atoms with Gasteiger partial charge in [0.05, 0.1) is 24.2 Å². The van der Waals surface area contributed by atoms with Crippen LogP contribution < -0.4 is 0 Å². The highest BCUT2D eigenvalue weighted by molar-refractivity contribution is 7.90. The average molecular weight is 395 g/mol. The summed E-state index contributed by atoms with van der Waals surface area (Å²) in [6.45, 7) is 2.54. The number of benzene rings is 2. The fraction of sp³-hybridized carbons (Fsp3) is 0.400. The van der Waals surface area contributed by atoms with Crippen LogP contribution in [0.4, 0.5) is 4.39 Å². The lowest BCUT2D eigenvalue weighted by Crippen LogP contribution is -2.34. The topological polar surface area (TPSA) is 66.8 Å². The molecular formula is C20H26FNO4S. The molecule has 0 heterocycles. The van der Waals surface area contributed by atoms with Crippen LogP contribution >= 0.6 is 0 Å². The third kappa shape index (κ3) is 6.39. The molecule has 0 radical (unpaired) electrons. The van der Waals surface area contributed by atoms with Crippen LogP contribution in [0, 0.1) is 5.82 Å². The quantitative estimate of drug-likeness (QED) is 0.707. The van der Waals surface area contributed by atoms with Gasteiger partial charge in [-0.2, -0.15) is 0 Å². The normalized spacial score (nSPS) is 14.3. The van der Waals surface area contributed by atoms with E-state index in [1.807, 2.05) is 18.9 Å². The fourth-order valence-electron chi connectivity index (χ4n) is 2.71. The van der Waals surface area contributed by atoms with Gasteiger partial charge < -0.3 is 9.84 Å². The fourth-order valence-corrected chi connectivity index (χ4v) is 3.34. The monoisotopic (exact) mass is 395 g/mol. The molecule has 0 aliphatic heterocycles. The third-order valence-corrected chi connectivity index (χ3v) is 5.60. The van der Waals surface area contributed by atoms with E-state index in [4.69, 9.17) is 4.74 Å². The van der Waals surface area contributed by atoms with Crippen molar-refractivity contribution in [2.24, 2.45) is 0 Å². The summed E-state index contributed by atoms with van der Waals surface area (Å²) in [5.74, 6) is -0.324. The smallest absolute Gasteiger partial charge is 0.175 e. The minimum absolute atomic E-state index is 0.0140. The average Bonchev–Trinajstić information content (AvgIpc) is 2.62. The summed E-state index contributed by atoms with van der Waals surface area (Å²) in [5.41, 5.74) is 1.40. The molecule has 0 aliphatic carbocycles. The van der Waals surface area contributed by atoms with Crippen molar-refractivity contribution in [1.29, 1.82) is 0 Å². The minimum atomic E-state index is -3.22. The molecular weight excluding hydrogens is 369 g/mol. The van der Waals surface area contributed by atoms with Crippen molar-refractivity contribution < 1.29 is 22.7 Å². The highest BCUT2D eigenvalue weighted by Gasteiger charge is 2.17. The molecule has 2 aromatic rings. The second-order valence-electron chi connectivity index (χ2n) is 6.72. The standard InChI is InChI=1S/C20H26FNO4S/c1-15(16-8-10-19(11-9-16)27(3,24)25)22(2)12-18(23)14-26-13-17-6-4-5-7-20(17)21/h4-11,15,18,23H,12-14H2,1-3H3. The number of ether oxygens (including phenoxy) is 1. The van der Waals surface area contributed by atoms with Crippen molar-refractivity contribution in [2.45, 2.75) is 30.6 Å². The number of aliphatic hydroxyl groups is 1. The van der Waals surface area contributed by atoms with Crippen LogP contribution in [0.25, 0.3) is 0 Å². The van der Waals surface area contributed by atoms with Crippen molar-refractivity contribution >= 4 is 9.84 Å². The first-order valence-electron chi connectivity index (χ1n) is 8.68. The molecule has 0 bridgehead atoms. The van der Waals surface area contributed by atoms with Crippen molar-refractivity contribution in [1.82, 2.24) is 4.90 Å². The number of nitrogens with zero attached hydrogens (tertiary/aromatic N) is 1. The van der Waals surface area contributed by atoms with Crippen LogP contribution in [0.5, 0.6) is 0 Å². The summed E-state index contributed by atoms with van der Waals surface area (Å²) in [6, 6.07) is 13.1. The van der Waals surface area contributed by atoms with Gasteiger partial charge in [0.15, 0.2) is 9.84 Å². The number of hydrogen-bond donors (Lipinski definition) is 1. The maximum atomic E-state index is 13.5. The Morgan fingerprint density at radius 3 is 2.37 bits per heavy atom. The van der Waals surface area contributed by atoms with Crippen LogP contribution in [0.15, 0.2) is 53.4 Å². The number of likely N-dealkylation sites (N-methyl/N-ethyl adjacent to an activating group) is 1. The summed E-state index contributed by atoms with van der Waals surface area (Å²) >= 11 is 0. The van der Waals surface area contributed by atoms with Crippen molar-refractivity contribution in [3.05, 3.63) is 65.5 Å². The van der Waals surface area contributed by atoms with E-state index in [9.17, 15) is 17.9 Å². The molecule has 5 nitrogen and oxygen atoms in total. The number of rotatable bonds is 9. The lowest BCUT2D eigenvalue weighted by atomic mass is 10.1. The second kappa shape index (κ2) is 9.41. The van der Waals surface area contributed by atoms with Crippen molar-refractivity contribution in [2.75, 3.05) is 26.5 Å². The van der Waals surface area contributed by atoms with Crippen molar-refractivity contribution in [3.63, 3.8) is 0 Å². The zero-order chi connectivity index (χ0) is 20.0. The van der Waals surface area contributed by atoms with E-state index < -0.39 is 15.9 Å². The van der Waals surface area contributed by atoms with E-state index in [2.05, 4.69) is 0 Å². The molecule has 0 fully saturated rings. The highest BCUT2D eigenvalue weighted by atomic mass is 32.2. The Morgan fingerprint density at radius 2 is 1.78 bits per heavy atom. The molecule has 2 aromatic carbocycles. The zero-order valence-electron chi connectivity index (χ0n) is 15.8. The second-order valence-corrected chi connectivity index (χ2v) is 8.73. The van der Waals surface area contributed by atoms with Gasteiger partial charge in [-0.1, -0.05) is 30.3 Å². The molecule has 2 atom stereocenters. The molecule has 2 unspecified atom stereocenters. The maximum absolute atomic E-state index is 13.5. The highest BCUT2D eigenvalue weighted by Crippen LogP contribution is 2.21. The summed E-state index contributed by atoms with van der Waals surface area (Å²) in [7, 11) is -1.35. The van der Waals surface area contributed by atoms with Crippen LogP contribution in [0.1, 0.15) is 24.1 Å². The van der Waals surface area contributed by atoms with Gasteiger partial charge in [-0.15, -0.1) is 0 Å². The minimum Gasteiger partial charge on any atom is -0.389 e. The Labute approximate surface area is 160 Å². The third-order valence-electron chi connectivity index (χ3n) is 4.48. The molecule has 148 valence electrons.